The second-order valence-corrected chi connectivity index (χ2v) is 4.47. The molecule has 1 aromatic carbocycles. The van der Waals surface area contributed by atoms with E-state index in [9.17, 15) is 4.79 Å². The van der Waals surface area contributed by atoms with Gasteiger partial charge in [-0.2, -0.15) is 0 Å². The molecule has 2 nitrogen and oxygen atoms in total. The van der Waals surface area contributed by atoms with Crippen molar-refractivity contribution in [1.82, 2.24) is 0 Å². The number of rotatable bonds is 7. The van der Waals surface area contributed by atoms with Gasteiger partial charge in [0.05, 0.1) is 6.61 Å². The summed E-state index contributed by atoms with van der Waals surface area (Å²) in [5, 5.41) is 0. The van der Waals surface area contributed by atoms with Crippen LogP contribution in [0, 0.1) is 6.92 Å². The zero-order valence-electron chi connectivity index (χ0n) is 12.0. The number of ketones is 1. The molecule has 2 heteroatoms. The summed E-state index contributed by atoms with van der Waals surface area (Å²) in [7, 11) is 0. The number of aryl methyl sites for hydroxylation is 2. The van der Waals surface area contributed by atoms with Crippen molar-refractivity contribution in [3.8, 4) is 5.75 Å². The van der Waals surface area contributed by atoms with Gasteiger partial charge in [-0.15, -0.1) is 0 Å². The van der Waals surface area contributed by atoms with E-state index >= 15 is 0 Å². The molecule has 0 saturated heterocycles. The van der Waals surface area contributed by atoms with Crippen molar-refractivity contribution in [2.24, 2.45) is 0 Å². The van der Waals surface area contributed by atoms with Gasteiger partial charge in [0.25, 0.3) is 0 Å². The van der Waals surface area contributed by atoms with Crippen LogP contribution in [0.25, 0.3) is 0 Å². The van der Waals surface area contributed by atoms with Crippen LogP contribution in [-0.4, -0.2) is 12.4 Å². The van der Waals surface area contributed by atoms with E-state index in [-0.39, 0.29) is 5.78 Å². The first-order chi connectivity index (χ1) is 9.13. The van der Waals surface area contributed by atoms with E-state index in [2.05, 4.69) is 25.1 Å². The van der Waals surface area contributed by atoms with E-state index in [1.807, 2.05) is 19.1 Å². The first-order valence-corrected chi connectivity index (χ1v) is 6.69. The van der Waals surface area contributed by atoms with Gasteiger partial charge in [-0.1, -0.05) is 30.4 Å². The molecule has 0 aliphatic rings. The van der Waals surface area contributed by atoms with Crippen molar-refractivity contribution in [3.05, 3.63) is 53.6 Å². The lowest BCUT2D eigenvalue weighted by atomic mass is 10.1. The van der Waals surface area contributed by atoms with Crippen LogP contribution in [0.1, 0.15) is 31.4 Å². The minimum absolute atomic E-state index is 0.0757. The number of carbonyl (C=O) groups is 1. The zero-order valence-corrected chi connectivity index (χ0v) is 12.0. The first kappa shape index (κ1) is 15.2. The van der Waals surface area contributed by atoms with Crippen LogP contribution in [0.4, 0.5) is 0 Å². The van der Waals surface area contributed by atoms with Crippen molar-refractivity contribution in [2.75, 3.05) is 6.61 Å². The smallest absolute Gasteiger partial charge is 0.152 e. The Hall–Kier alpha value is -1.83. The second kappa shape index (κ2) is 8.30. The van der Waals surface area contributed by atoms with Crippen LogP contribution < -0.4 is 4.74 Å². The van der Waals surface area contributed by atoms with Crippen LogP contribution in [0.5, 0.6) is 5.75 Å². The molecule has 0 fully saturated rings. The van der Waals surface area contributed by atoms with Crippen LogP contribution in [0.3, 0.4) is 0 Å². The molecule has 0 saturated carbocycles. The molecule has 0 unspecified atom stereocenters. The lowest BCUT2D eigenvalue weighted by Crippen LogP contribution is -1.95. The molecule has 102 valence electrons. The summed E-state index contributed by atoms with van der Waals surface area (Å²) in [4.78, 5) is 10.7. The summed E-state index contributed by atoms with van der Waals surface area (Å²) < 4.78 is 5.52. The highest BCUT2D eigenvalue weighted by molar-refractivity contribution is 5.87. The molecule has 1 aromatic rings. The van der Waals surface area contributed by atoms with Gasteiger partial charge < -0.3 is 4.74 Å². The number of hydrogen-bond donors (Lipinski definition) is 0. The SMILES string of the molecule is CCOc1ccc(CC/C=C/C=C/C(C)=O)cc1C. The van der Waals surface area contributed by atoms with Crippen molar-refractivity contribution in [2.45, 2.75) is 33.6 Å². The van der Waals surface area contributed by atoms with Crippen molar-refractivity contribution < 1.29 is 9.53 Å². The zero-order chi connectivity index (χ0) is 14.1. The Labute approximate surface area is 115 Å². The Kier molecular flexibility index (Phi) is 6.65. The van der Waals surface area contributed by atoms with Crippen LogP contribution in [0.2, 0.25) is 0 Å². The molecular formula is C17H22O2. The predicted molar refractivity (Wildman–Crippen MR) is 79.6 cm³/mol. The van der Waals surface area contributed by atoms with Crippen LogP contribution in [-0.2, 0) is 11.2 Å². The van der Waals surface area contributed by atoms with Crippen LogP contribution >= 0.6 is 0 Å². The van der Waals surface area contributed by atoms with Gasteiger partial charge in [0.2, 0.25) is 0 Å². The maximum absolute atomic E-state index is 10.7. The molecule has 0 amide bonds. The van der Waals surface area contributed by atoms with Crippen molar-refractivity contribution in [1.29, 1.82) is 0 Å². The monoisotopic (exact) mass is 258 g/mol. The molecule has 0 atom stereocenters. The number of allylic oxidation sites excluding steroid dienone is 4. The Bertz CT molecular complexity index is 470. The Morgan fingerprint density at radius 2 is 2.11 bits per heavy atom. The van der Waals surface area contributed by atoms with Gasteiger partial charge in [0.15, 0.2) is 5.78 Å². The topological polar surface area (TPSA) is 26.3 Å². The minimum Gasteiger partial charge on any atom is -0.494 e. The second-order valence-electron chi connectivity index (χ2n) is 4.47. The molecule has 0 aliphatic heterocycles. The van der Waals surface area contributed by atoms with E-state index in [4.69, 9.17) is 4.74 Å². The third-order valence-corrected chi connectivity index (χ3v) is 2.72. The van der Waals surface area contributed by atoms with Gasteiger partial charge >= 0.3 is 0 Å². The van der Waals surface area contributed by atoms with E-state index in [1.54, 1.807) is 19.1 Å². The molecule has 0 radical (unpaired) electrons. The highest BCUT2D eigenvalue weighted by Gasteiger charge is 1.99. The molecule has 0 bridgehead atoms. The maximum atomic E-state index is 10.7. The molecule has 19 heavy (non-hydrogen) atoms. The van der Waals surface area contributed by atoms with E-state index in [0.717, 1.165) is 18.6 Å². The summed E-state index contributed by atoms with van der Waals surface area (Å²) in [5.41, 5.74) is 2.49. The van der Waals surface area contributed by atoms with E-state index in [0.29, 0.717) is 6.61 Å². The van der Waals surface area contributed by atoms with Crippen LogP contribution in [0.15, 0.2) is 42.5 Å². The average Bonchev–Trinajstić information content (AvgIpc) is 2.36. The summed E-state index contributed by atoms with van der Waals surface area (Å²) >= 11 is 0. The normalized spacial score (nSPS) is 11.3. The average molecular weight is 258 g/mol. The number of carbonyl (C=O) groups excluding carboxylic acids is 1. The Morgan fingerprint density at radius 3 is 2.74 bits per heavy atom. The first-order valence-electron chi connectivity index (χ1n) is 6.69. The largest absolute Gasteiger partial charge is 0.494 e. The fourth-order valence-electron chi connectivity index (χ4n) is 1.80. The lowest BCUT2D eigenvalue weighted by Gasteiger charge is -2.08. The maximum Gasteiger partial charge on any atom is 0.152 e. The fourth-order valence-corrected chi connectivity index (χ4v) is 1.80. The summed E-state index contributed by atoms with van der Waals surface area (Å²) in [6, 6.07) is 6.31. The van der Waals surface area contributed by atoms with Gasteiger partial charge in [-0.05, 0) is 56.9 Å². The van der Waals surface area contributed by atoms with E-state index < -0.39 is 0 Å². The van der Waals surface area contributed by atoms with Gasteiger partial charge in [0.1, 0.15) is 5.75 Å². The molecule has 0 spiro atoms. The fraction of sp³-hybridized carbons (Fsp3) is 0.353. The van der Waals surface area contributed by atoms with Gasteiger partial charge in [-0.25, -0.2) is 0 Å². The molecule has 0 N–H and O–H groups in total. The molecule has 0 aliphatic carbocycles. The third kappa shape index (κ3) is 6.05. The summed E-state index contributed by atoms with van der Waals surface area (Å²) in [6.07, 6.45) is 9.31. The lowest BCUT2D eigenvalue weighted by molar-refractivity contribution is -0.112. The summed E-state index contributed by atoms with van der Waals surface area (Å²) in [5.74, 6) is 1.04. The van der Waals surface area contributed by atoms with Gasteiger partial charge in [0, 0.05) is 0 Å². The van der Waals surface area contributed by atoms with Gasteiger partial charge in [-0.3, -0.25) is 4.79 Å². The Balaban J connectivity index is 2.46. The predicted octanol–water partition coefficient (Wildman–Crippen LogP) is 4.03. The Morgan fingerprint density at radius 1 is 1.32 bits per heavy atom. The summed E-state index contributed by atoms with van der Waals surface area (Å²) in [6.45, 7) is 6.31. The number of ether oxygens (including phenoxy) is 1. The number of hydrogen-bond acceptors (Lipinski definition) is 2. The third-order valence-electron chi connectivity index (χ3n) is 2.72. The molecular weight excluding hydrogens is 236 g/mol. The highest BCUT2D eigenvalue weighted by Crippen LogP contribution is 2.19. The van der Waals surface area contributed by atoms with E-state index in [1.165, 1.54) is 11.1 Å². The van der Waals surface area contributed by atoms with Crippen molar-refractivity contribution in [3.63, 3.8) is 0 Å². The van der Waals surface area contributed by atoms with Crippen molar-refractivity contribution >= 4 is 5.78 Å². The molecule has 0 heterocycles. The quantitative estimate of drug-likeness (QED) is 0.545. The molecule has 1 rings (SSSR count). The highest BCUT2D eigenvalue weighted by atomic mass is 16.5. The standard InChI is InChI=1S/C17H22O2/c1-4-19-17-12-11-16(13-14(17)2)10-8-6-5-7-9-15(3)18/h5-7,9,11-13H,4,8,10H2,1-3H3/b6-5+,9-7+. The number of benzene rings is 1. The minimum atomic E-state index is 0.0757. The molecule has 0 aromatic heterocycles.